The maximum atomic E-state index is 11.3. The minimum atomic E-state index is -0.513. The predicted octanol–water partition coefficient (Wildman–Crippen LogP) is -0.435. The lowest BCUT2D eigenvalue weighted by Gasteiger charge is -2.37. The van der Waals surface area contributed by atoms with Gasteiger partial charge in [0.05, 0.1) is 30.3 Å². The summed E-state index contributed by atoms with van der Waals surface area (Å²) in [5.41, 5.74) is 2.35. The largest absolute Gasteiger partial charge is 0.394 e. The summed E-state index contributed by atoms with van der Waals surface area (Å²) in [6, 6.07) is -0.119. The number of hydrogen-bond donors (Lipinski definition) is 3. The van der Waals surface area contributed by atoms with Gasteiger partial charge in [-0.25, -0.2) is 10.8 Å². The Morgan fingerprint density at radius 2 is 2.33 bits per heavy atom. The molecular weight excluding hydrogens is 280 g/mol. The summed E-state index contributed by atoms with van der Waals surface area (Å²) < 4.78 is 5.43. The Morgan fingerprint density at radius 1 is 1.62 bits per heavy atom. The van der Waals surface area contributed by atoms with E-state index in [9.17, 15) is 15.2 Å². The Labute approximate surface area is 121 Å². The molecule has 1 aliphatic heterocycles. The van der Waals surface area contributed by atoms with Crippen molar-refractivity contribution in [2.45, 2.75) is 26.0 Å². The average molecular weight is 298 g/mol. The molecule has 116 valence electrons. The standard InChI is InChI=1S/C11H18N6O4/c1-6-5-21-8(4-18)3-16(6)10-9(17(19)20)7(2)13-11(14-10)15-12/h6,8,18H,3-5,12H2,1-2H3,(H,13,14,15). The van der Waals surface area contributed by atoms with Crippen molar-refractivity contribution in [2.75, 3.05) is 30.1 Å². The van der Waals surface area contributed by atoms with Gasteiger partial charge in [-0.2, -0.15) is 4.98 Å². The van der Waals surface area contributed by atoms with Crippen molar-refractivity contribution in [3.63, 3.8) is 0 Å². The fourth-order valence-electron chi connectivity index (χ4n) is 2.25. The van der Waals surface area contributed by atoms with Gasteiger partial charge in [0.2, 0.25) is 11.8 Å². The van der Waals surface area contributed by atoms with Crippen LogP contribution in [-0.4, -0.2) is 51.9 Å². The van der Waals surface area contributed by atoms with Crippen LogP contribution in [0.5, 0.6) is 0 Å². The first-order chi connectivity index (χ1) is 9.97. The lowest BCUT2D eigenvalue weighted by molar-refractivity contribution is -0.385. The van der Waals surface area contributed by atoms with Gasteiger partial charge >= 0.3 is 5.69 Å². The van der Waals surface area contributed by atoms with Crippen LogP contribution < -0.4 is 16.2 Å². The van der Waals surface area contributed by atoms with Gasteiger partial charge in [0.25, 0.3) is 0 Å². The van der Waals surface area contributed by atoms with Gasteiger partial charge < -0.3 is 14.7 Å². The fourth-order valence-corrected chi connectivity index (χ4v) is 2.25. The van der Waals surface area contributed by atoms with Gasteiger partial charge in [-0.3, -0.25) is 15.5 Å². The number of ether oxygens (including phenoxy) is 1. The molecule has 2 unspecified atom stereocenters. The summed E-state index contributed by atoms with van der Waals surface area (Å²) in [6.07, 6.45) is -0.412. The predicted molar refractivity (Wildman–Crippen MR) is 74.9 cm³/mol. The molecule has 1 aliphatic rings. The molecule has 1 fully saturated rings. The number of aromatic nitrogens is 2. The van der Waals surface area contributed by atoms with Crippen LogP contribution in [0.4, 0.5) is 17.5 Å². The highest BCUT2D eigenvalue weighted by molar-refractivity contribution is 5.63. The van der Waals surface area contributed by atoms with E-state index in [1.54, 1.807) is 4.90 Å². The van der Waals surface area contributed by atoms with Gasteiger partial charge in [-0.05, 0) is 13.8 Å². The molecule has 2 heterocycles. The third-order valence-corrected chi connectivity index (χ3v) is 3.33. The molecule has 10 heteroatoms. The molecule has 0 saturated carbocycles. The van der Waals surface area contributed by atoms with Crippen LogP contribution in [0, 0.1) is 17.0 Å². The van der Waals surface area contributed by atoms with Gasteiger partial charge in [-0.1, -0.05) is 0 Å². The van der Waals surface area contributed by atoms with E-state index in [1.807, 2.05) is 6.92 Å². The number of aliphatic hydroxyl groups excluding tert-OH is 1. The number of nitrogens with one attached hydrogen (secondary N) is 1. The second-order valence-corrected chi connectivity index (χ2v) is 4.85. The Balaban J connectivity index is 2.49. The van der Waals surface area contributed by atoms with Crippen molar-refractivity contribution in [1.29, 1.82) is 0 Å². The Kier molecular flexibility index (Phi) is 4.50. The fraction of sp³-hybridized carbons (Fsp3) is 0.636. The number of hydrogen-bond acceptors (Lipinski definition) is 9. The highest BCUT2D eigenvalue weighted by atomic mass is 16.6. The smallest absolute Gasteiger partial charge is 0.332 e. The third kappa shape index (κ3) is 3.01. The molecule has 2 atom stereocenters. The van der Waals surface area contributed by atoms with Crippen molar-refractivity contribution in [3.8, 4) is 0 Å². The first-order valence-corrected chi connectivity index (χ1v) is 6.46. The third-order valence-electron chi connectivity index (χ3n) is 3.33. The molecule has 0 amide bonds. The maximum absolute atomic E-state index is 11.3. The molecule has 10 nitrogen and oxygen atoms in total. The molecule has 1 aromatic heterocycles. The van der Waals surface area contributed by atoms with E-state index in [2.05, 4.69) is 15.4 Å². The number of nitrogens with zero attached hydrogens (tertiary/aromatic N) is 4. The lowest BCUT2D eigenvalue weighted by atomic mass is 10.2. The number of nitro groups is 1. The van der Waals surface area contributed by atoms with Crippen LogP contribution in [0.15, 0.2) is 0 Å². The second kappa shape index (κ2) is 6.16. The van der Waals surface area contributed by atoms with Crippen molar-refractivity contribution in [3.05, 3.63) is 15.8 Å². The quantitative estimate of drug-likeness (QED) is 0.383. The minimum Gasteiger partial charge on any atom is -0.394 e. The van der Waals surface area contributed by atoms with Gasteiger partial charge in [-0.15, -0.1) is 0 Å². The monoisotopic (exact) mass is 298 g/mol. The Bertz CT molecular complexity index is 540. The summed E-state index contributed by atoms with van der Waals surface area (Å²) in [6.45, 7) is 3.88. The Hall–Kier alpha value is -2.04. The van der Waals surface area contributed by atoms with E-state index in [0.29, 0.717) is 13.2 Å². The number of nitrogen functional groups attached to an aromatic ring is 1. The molecule has 0 aliphatic carbocycles. The van der Waals surface area contributed by atoms with Gasteiger partial charge in [0, 0.05) is 6.54 Å². The molecular formula is C11H18N6O4. The zero-order valence-electron chi connectivity index (χ0n) is 11.8. The van der Waals surface area contributed by atoms with Crippen molar-refractivity contribution in [2.24, 2.45) is 5.84 Å². The summed E-state index contributed by atoms with van der Waals surface area (Å²) in [7, 11) is 0. The normalized spacial score (nSPS) is 22.2. The number of aliphatic hydroxyl groups is 1. The van der Waals surface area contributed by atoms with E-state index in [0.717, 1.165) is 0 Å². The van der Waals surface area contributed by atoms with Gasteiger partial charge in [0.15, 0.2) is 0 Å². The second-order valence-electron chi connectivity index (χ2n) is 4.85. The summed E-state index contributed by atoms with van der Waals surface area (Å²) in [4.78, 5) is 20.6. The van der Waals surface area contributed by atoms with Crippen molar-refractivity contribution >= 4 is 17.5 Å². The van der Waals surface area contributed by atoms with Gasteiger partial charge in [0.1, 0.15) is 5.69 Å². The first kappa shape index (κ1) is 15.4. The maximum Gasteiger partial charge on any atom is 0.332 e. The molecule has 0 aromatic carbocycles. The summed E-state index contributed by atoms with van der Waals surface area (Å²) in [5.74, 6) is 5.58. The number of anilines is 2. The number of rotatable bonds is 4. The van der Waals surface area contributed by atoms with Crippen molar-refractivity contribution < 1.29 is 14.8 Å². The highest BCUT2D eigenvalue weighted by Crippen LogP contribution is 2.32. The molecule has 0 bridgehead atoms. The highest BCUT2D eigenvalue weighted by Gasteiger charge is 2.33. The van der Waals surface area contributed by atoms with Crippen molar-refractivity contribution in [1.82, 2.24) is 9.97 Å². The molecule has 1 saturated heterocycles. The zero-order chi connectivity index (χ0) is 15.6. The lowest BCUT2D eigenvalue weighted by Crippen LogP contribution is -2.50. The van der Waals surface area contributed by atoms with E-state index >= 15 is 0 Å². The van der Waals surface area contributed by atoms with Crippen LogP contribution in [-0.2, 0) is 4.74 Å². The van der Waals surface area contributed by atoms with E-state index in [4.69, 9.17) is 10.6 Å². The van der Waals surface area contributed by atoms with E-state index in [1.165, 1.54) is 6.92 Å². The average Bonchev–Trinajstić information content (AvgIpc) is 2.46. The van der Waals surface area contributed by atoms with Crippen LogP contribution in [0.2, 0.25) is 0 Å². The number of hydrazine groups is 1. The summed E-state index contributed by atoms with van der Waals surface area (Å²) >= 11 is 0. The van der Waals surface area contributed by atoms with Crippen LogP contribution in [0.1, 0.15) is 12.6 Å². The van der Waals surface area contributed by atoms with Crippen LogP contribution in [0.3, 0.4) is 0 Å². The number of aryl methyl sites for hydroxylation is 1. The summed E-state index contributed by atoms with van der Waals surface area (Å²) in [5, 5.41) is 20.5. The Morgan fingerprint density at radius 3 is 2.90 bits per heavy atom. The first-order valence-electron chi connectivity index (χ1n) is 6.46. The zero-order valence-corrected chi connectivity index (χ0v) is 11.8. The molecule has 2 rings (SSSR count). The number of morpholine rings is 1. The minimum absolute atomic E-state index is 0.104. The molecule has 0 radical (unpaired) electrons. The molecule has 21 heavy (non-hydrogen) atoms. The molecule has 0 spiro atoms. The van der Waals surface area contributed by atoms with E-state index < -0.39 is 11.0 Å². The SMILES string of the molecule is Cc1nc(NN)nc(N2CC(CO)OCC2C)c1[N+](=O)[O-]. The van der Waals surface area contributed by atoms with Crippen LogP contribution >= 0.6 is 0 Å². The topological polar surface area (TPSA) is 140 Å². The number of nitrogens with two attached hydrogens (primary N) is 1. The van der Waals surface area contributed by atoms with E-state index in [-0.39, 0.29) is 35.8 Å². The van der Waals surface area contributed by atoms with Crippen LogP contribution in [0.25, 0.3) is 0 Å². The molecule has 4 N–H and O–H groups in total. The molecule has 1 aromatic rings.